The Labute approximate surface area is 90.0 Å². The first-order valence-corrected chi connectivity index (χ1v) is 5.72. The molecule has 2 rings (SSSR count). The van der Waals surface area contributed by atoms with E-state index in [1.165, 1.54) is 19.3 Å². The molecule has 0 radical (unpaired) electrons. The molecule has 2 fully saturated rings. The van der Waals surface area contributed by atoms with Gasteiger partial charge in [0.15, 0.2) is 0 Å². The lowest BCUT2D eigenvalue weighted by Crippen LogP contribution is -2.39. The molecule has 5 nitrogen and oxygen atoms in total. The van der Waals surface area contributed by atoms with Gasteiger partial charge < -0.3 is 9.64 Å². The van der Waals surface area contributed by atoms with Gasteiger partial charge in [0.25, 0.3) is 0 Å². The highest BCUT2D eigenvalue weighted by molar-refractivity contribution is 4.93. The van der Waals surface area contributed by atoms with Crippen molar-refractivity contribution >= 4 is 0 Å². The molecular weight excluding hydrogens is 192 g/mol. The van der Waals surface area contributed by atoms with Gasteiger partial charge in [0.05, 0.1) is 5.60 Å². The molecule has 0 saturated carbocycles. The van der Waals surface area contributed by atoms with Crippen molar-refractivity contribution in [3.05, 3.63) is 10.4 Å². The normalized spacial score (nSPS) is 31.7. The predicted molar refractivity (Wildman–Crippen MR) is 57.6 cm³/mol. The number of hydrogen-bond donors (Lipinski definition) is 0. The highest BCUT2D eigenvalue weighted by Crippen LogP contribution is 2.33. The van der Waals surface area contributed by atoms with Crippen molar-refractivity contribution in [1.82, 2.24) is 4.90 Å². The van der Waals surface area contributed by atoms with Crippen molar-refractivity contribution in [3.8, 4) is 0 Å². The zero-order chi connectivity index (χ0) is 10.6. The second-order valence-corrected chi connectivity index (χ2v) is 4.47. The number of hydrogen-bond acceptors (Lipinski definition) is 3. The fraction of sp³-hybridized carbons (Fsp3) is 1.00. The Morgan fingerprint density at radius 2 is 2.33 bits per heavy atom. The van der Waals surface area contributed by atoms with Gasteiger partial charge in [-0.25, -0.2) is 0 Å². The lowest BCUT2D eigenvalue weighted by Gasteiger charge is -2.33. The maximum atomic E-state index is 8.20. The monoisotopic (exact) mass is 210 g/mol. The molecule has 1 unspecified atom stereocenters. The van der Waals surface area contributed by atoms with Crippen LogP contribution in [0.2, 0.25) is 0 Å². The van der Waals surface area contributed by atoms with Gasteiger partial charge in [-0.05, 0) is 31.2 Å². The molecule has 0 aromatic heterocycles. The van der Waals surface area contributed by atoms with Crippen molar-refractivity contribution < 1.29 is 4.74 Å². The van der Waals surface area contributed by atoms with Crippen LogP contribution in [0.5, 0.6) is 0 Å². The number of likely N-dealkylation sites (tertiary alicyclic amines) is 1. The average Bonchev–Trinajstić information content (AvgIpc) is 2.63. The van der Waals surface area contributed by atoms with E-state index in [1.807, 2.05) is 0 Å². The average molecular weight is 210 g/mol. The first kappa shape index (κ1) is 10.7. The van der Waals surface area contributed by atoms with Crippen molar-refractivity contribution in [2.24, 2.45) is 5.11 Å². The Balaban J connectivity index is 1.80. The molecule has 5 heteroatoms. The van der Waals surface area contributed by atoms with Gasteiger partial charge >= 0.3 is 0 Å². The minimum Gasteiger partial charge on any atom is -0.374 e. The van der Waals surface area contributed by atoms with Gasteiger partial charge in [0, 0.05) is 37.7 Å². The maximum Gasteiger partial charge on any atom is 0.0820 e. The number of azide groups is 1. The Hall–Kier alpha value is -0.770. The second kappa shape index (κ2) is 4.84. The molecule has 2 aliphatic rings. The summed E-state index contributed by atoms with van der Waals surface area (Å²) in [5.74, 6) is 0. The lowest BCUT2D eigenvalue weighted by molar-refractivity contribution is -0.0693. The van der Waals surface area contributed by atoms with Crippen molar-refractivity contribution in [1.29, 1.82) is 0 Å². The van der Waals surface area contributed by atoms with Crippen LogP contribution in [0, 0.1) is 0 Å². The molecule has 2 aliphatic heterocycles. The van der Waals surface area contributed by atoms with Crippen LogP contribution in [0.25, 0.3) is 10.4 Å². The topological polar surface area (TPSA) is 61.2 Å². The minimum atomic E-state index is 0.134. The Kier molecular flexibility index (Phi) is 3.46. The van der Waals surface area contributed by atoms with E-state index in [2.05, 4.69) is 14.9 Å². The fourth-order valence-corrected chi connectivity index (χ4v) is 2.58. The Bertz CT molecular complexity index is 256. The molecule has 84 valence electrons. The fourth-order valence-electron chi connectivity index (χ4n) is 2.58. The van der Waals surface area contributed by atoms with Crippen molar-refractivity contribution in [2.75, 3.05) is 32.8 Å². The lowest BCUT2D eigenvalue weighted by atomic mass is 9.93. The van der Waals surface area contributed by atoms with Crippen LogP contribution in [-0.2, 0) is 4.74 Å². The van der Waals surface area contributed by atoms with E-state index in [0.29, 0.717) is 6.54 Å². The smallest absolute Gasteiger partial charge is 0.0820 e. The van der Waals surface area contributed by atoms with E-state index in [0.717, 1.165) is 32.7 Å². The first-order chi connectivity index (χ1) is 7.35. The quantitative estimate of drug-likeness (QED) is 0.406. The van der Waals surface area contributed by atoms with Crippen LogP contribution < -0.4 is 0 Å². The van der Waals surface area contributed by atoms with E-state index in [9.17, 15) is 0 Å². The molecule has 0 bridgehead atoms. The van der Waals surface area contributed by atoms with E-state index < -0.39 is 0 Å². The summed E-state index contributed by atoms with van der Waals surface area (Å²) in [6.45, 7) is 4.47. The Morgan fingerprint density at radius 3 is 3.07 bits per heavy atom. The van der Waals surface area contributed by atoms with Gasteiger partial charge in [0.1, 0.15) is 0 Å². The first-order valence-electron chi connectivity index (χ1n) is 5.72. The summed E-state index contributed by atoms with van der Waals surface area (Å²) in [6.07, 6.45) is 4.85. The second-order valence-electron chi connectivity index (χ2n) is 4.47. The summed E-state index contributed by atoms with van der Waals surface area (Å²) < 4.78 is 5.92. The summed E-state index contributed by atoms with van der Waals surface area (Å²) >= 11 is 0. The van der Waals surface area contributed by atoms with Crippen molar-refractivity contribution in [3.63, 3.8) is 0 Å². The van der Waals surface area contributed by atoms with E-state index in [-0.39, 0.29) is 5.60 Å². The molecule has 2 heterocycles. The van der Waals surface area contributed by atoms with Crippen LogP contribution in [0.3, 0.4) is 0 Å². The summed E-state index contributed by atoms with van der Waals surface area (Å²) in [6, 6.07) is 0. The molecular formula is C10H18N4O. The van der Waals surface area contributed by atoms with Gasteiger partial charge in [-0.15, -0.1) is 0 Å². The predicted octanol–water partition coefficient (Wildman–Crippen LogP) is 1.94. The molecule has 2 saturated heterocycles. The molecule has 1 spiro atoms. The van der Waals surface area contributed by atoms with Gasteiger partial charge in [-0.3, -0.25) is 0 Å². The van der Waals surface area contributed by atoms with Crippen LogP contribution in [0.15, 0.2) is 5.11 Å². The van der Waals surface area contributed by atoms with Crippen LogP contribution in [-0.4, -0.2) is 43.3 Å². The zero-order valence-corrected chi connectivity index (χ0v) is 9.06. The van der Waals surface area contributed by atoms with Gasteiger partial charge in [0.2, 0.25) is 0 Å². The third-order valence-corrected chi connectivity index (χ3v) is 3.41. The molecule has 0 aliphatic carbocycles. The van der Waals surface area contributed by atoms with E-state index >= 15 is 0 Å². The highest BCUT2D eigenvalue weighted by Gasteiger charge is 2.39. The molecule has 0 amide bonds. The third kappa shape index (κ3) is 2.62. The maximum absolute atomic E-state index is 8.20. The molecule has 0 aromatic carbocycles. The molecule has 15 heavy (non-hydrogen) atoms. The third-order valence-electron chi connectivity index (χ3n) is 3.41. The molecule has 0 aromatic rings. The number of rotatable bonds is 3. The number of ether oxygens (including phenoxy) is 1. The largest absolute Gasteiger partial charge is 0.374 e. The van der Waals surface area contributed by atoms with Gasteiger partial charge in [-0.1, -0.05) is 5.11 Å². The SMILES string of the molecule is [N-]=[N+]=NCCN1CCC2(CCCCO2)C1. The summed E-state index contributed by atoms with van der Waals surface area (Å²) in [5, 5.41) is 3.57. The zero-order valence-electron chi connectivity index (χ0n) is 9.06. The van der Waals surface area contributed by atoms with E-state index in [1.54, 1.807) is 0 Å². The number of nitrogens with zero attached hydrogens (tertiary/aromatic N) is 4. The van der Waals surface area contributed by atoms with Gasteiger partial charge in [-0.2, -0.15) is 0 Å². The van der Waals surface area contributed by atoms with Crippen molar-refractivity contribution in [2.45, 2.75) is 31.3 Å². The standard InChI is InChI=1S/C10H18N4O/c11-13-12-5-7-14-6-4-10(9-14)3-1-2-8-15-10/h1-9H2. The summed E-state index contributed by atoms with van der Waals surface area (Å²) in [5.41, 5.74) is 8.33. The Morgan fingerprint density at radius 1 is 1.40 bits per heavy atom. The minimum absolute atomic E-state index is 0.134. The van der Waals surface area contributed by atoms with Crippen LogP contribution in [0.4, 0.5) is 0 Å². The van der Waals surface area contributed by atoms with Crippen LogP contribution >= 0.6 is 0 Å². The summed E-state index contributed by atoms with van der Waals surface area (Å²) in [4.78, 5) is 5.11. The molecule has 1 atom stereocenters. The van der Waals surface area contributed by atoms with Crippen LogP contribution in [0.1, 0.15) is 25.7 Å². The van der Waals surface area contributed by atoms with E-state index in [4.69, 9.17) is 10.3 Å². The summed E-state index contributed by atoms with van der Waals surface area (Å²) in [7, 11) is 0. The highest BCUT2D eigenvalue weighted by atomic mass is 16.5. The molecule has 0 N–H and O–H groups in total.